The molecule has 1 aromatic carbocycles. The van der Waals surface area contributed by atoms with Crippen LogP contribution in [0.2, 0.25) is 0 Å². The molecule has 2 fully saturated rings. The van der Waals surface area contributed by atoms with Gasteiger partial charge in [-0.1, -0.05) is 6.58 Å². The molecule has 2 aliphatic heterocycles. The maximum atomic E-state index is 15.5. The second-order valence-corrected chi connectivity index (χ2v) is 10.5. The highest BCUT2D eigenvalue weighted by Gasteiger charge is 2.30. The number of hydrogen-bond donors (Lipinski definition) is 3. The Morgan fingerprint density at radius 2 is 1.79 bits per heavy atom. The van der Waals surface area contributed by atoms with Gasteiger partial charge in [0, 0.05) is 56.9 Å². The standard InChI is InChI=1S/C29H36F2N8O4/c1-5-23(40)34-19-15-43-16-20(19)36-29-33-14-17-12-18(24-25(30)21(41-3)13-22(42-4)26(24)31)35-28(27(17)37-29)32-6-7-39-10-8-38(2)9-11-39/h5,12-14,19-20H,1,6-11,15-16H2,2-4H3,(H,32,35)(H,34,40)(H,33,36,37)/t19-,20+/m0/s1. The van der Waals surface area contributed by atoms with Gasteiger partial charge in [-0.05, 0) is 19.2 Å². The number of carbonyl (C=O) groups is 1. The number of pyridine rings is 1. The Bertz CT molecular complexity index is 1460. The summed E-state index contributed by atoms with van der Waals surface area (Å²) in [5.74, 6) is -1.82. The fourth-order valence-electron chi connectivity index (χ4n) is 5.12. The summed E-state index contributed by atoms with van der Waals surface area (Å²) in [6.45, 7) is 9.28. The summed E-state index contributed by atoms with van der Waals surface area (Å²) in [4.78, 5) is 30.3. The summed E-state index contributed by atoms with van der Waals surface area (Å²) < 4.78 is 46.7. The number of amides is 1. The minimum atomic E-state index is -0.899. The van der Waals surface area contributed by atoms with Gasteiger partial charge < -0.3 is 35.1 Å². The average Bonchev–Trinajstić information content (AvgIpc) is 3.44. The highest BCUT2D eigenvalue weighted by molar-refractivity contribution is 5.92. The van der Waals surface area contributed by atoms with Crippen molar-refractivity contribution in [2.45, 2.75) is 12.1 Å². The van der Waals surface area contributed by atoms with Crippen molar-refractivity contribution >= 4 is 28.6 Å². The van der Waals surface area contributed by atoms with Gasteiger partial charge in [-0.25, -0.2) is 23.7 Å². The molecular formula is C29H36F2N8O4. The molecule has 1 amide bonds. The predicted octanol–water partition coefficient (Wildman–Crippen LogP) is 2.13. The summed E-state index contributed by atoms with van der Waals surface area (Å²) in [6.07, 6.45) is 2.76. The van der Waals surface area contributed by atoms with E-state index in [2.05, 4.69) is 49.3 Å². The van der Waals surface area contributed by atoms with E-state index in [1.807, 2.05) is 0 Å². The third-order valence-electron chi connectivity index (χ3n) is 7.62. The van der Waals surface area contributed by atoms with Crippen LogP contribution in [0.5, 0.6) is 11.5 Å². The number of aromatic nitrogens is 3. The fraction of sp³-hybridized carbons (Fsp3) is 0.448. The second kappa shape index (κ2) is 13.4. The molecule has 2 aliphatic rings. The number of hydrogen-bond acceptors (Lipinski definition) is 11. The normalized spacial score (nSPS) is 19.3. The third kappa shape index (κ3) is 6.76. The maximum absolute atomic E-state index is 15.5. The zero-order valence-electron chi connectivity index (χ0n) is 24.5. The first kappa shape index (κ1) is 30.3. The van der Waals surface area contributed by atoms with Gasteiger partial charge in [0.05, 0.1) is 50.8 Å². The molecule has 3 N–H and O–H groups in total. The summed E-state index contributed by atoms with van der Waals surface area (Å²) in [6, 6.07) is 2.09. The van der Waals surface area contributed by atoms with Crippen molar-refractivity contribution in [1.29, 1.82) is 0 Å². The van der Waals surface area contributed by atoms with Crippen LogP contribution in [0.3, 0.4) is 0 Å². The predicted molar refractivity (Wildman–Crippen MR) is 159 cm³/mol. The minimum Gasteiger partial charge on any atom is -0.494 e. The van der Waals surface area contributed by atoms with Crippen LogP contribution in [0.15, 0.2) is 31.0 Å². The van der Waals surface area contributed by atoms with E-state index in [1.54, 1.807) is 6.20 Å². The number of ether oxygens (including phenoxy) is 3. The zero-order chi connectivity index (χ0) is 30.5. The number of anilines is 2. The highest BCUT2D eigenvalue weighted by atomic mass is 19.1. The van der Waals surface area contributed by atoms with Crippen LogP contribution in [0, 0.1) is 11.6 Å². The average molecular weight is 599 g/mol. The van der Waals surface area contributed by atoms with Crippen LogP contribution < -0.4 is 25.4 Å². The molecule has 43 heavy (non-hydrogen) atoms. The van der Waals surface area contributed by atoms with Crippen molar-refractivity contribution in [3.05, 3.63) is 42.6 Å². The lowest BCUT2D eigenvalue weighted by Gasteiger charge is -2.32. The van der Waals surface area contributed by atoms with Crippen molar-refractivity contribution in [3.8, 4) is 22.8 Å². The van der Waals surface area contributed by atoms with Crippen molar-refractivity contribution in [2.75, 3.05) is 84.4 Å². The summed E-state index contributed by atoms with van der Waals surface area (Å²) in [7, 11) is 4.69. The van der Waals surface area contributed by atoms with Crippen molar-refractivity contribution in [3.63, 3.8) is 0 Å². The number of nitrogens with one attached hydrogen (secondary N) is 3. The number of methoxy groups -OCH3 is 2. The molecule has 0 aliphatic carbocycles. The van der Waals surface area contributed by atoms with Crippen molar-refractivity contribution < 1.29 is 27.8 Å². The maximum Gasteiger partial charge on any atom is 0.243 e. The molecule has 2 saturated heterocycles. The van der Waals surface area contributed by atoms with E-state index in [0.717, 1.165) is 38.8 Å². The minimum absolute atomic E-state index is 0.0301. The zero-order valence-corrected chi connectivity index (χ0v) is 24.5. The number of piperazine rings is 1. The Morgan fingerprint density at radius 3 is 2.47 bits per heavy atom. The number of benzene rings is 1. The highest BCUT2D eigenvalue weighted by Crippen LogP contribution is 2.38. The molecule has 0 spiro atoms. The van der Waals surface area contributed by atoms with Crippen LogP contribution >= 0.6 is 0 Å². The largest absolute Gasteiger partial charge is 0.494 e. The Hall–Kier alpha value is -4.14. The SMILES string of the molecule is C=CC(=O)N[C@H]1COC[C@H]1Nc1ncc2cc(-c3c(F)c(OC)cc(OC)c3F)nc(NCCN3CCN(C)CC3)c2n1. The molecule has 3 aromatic rings. The Kier molecular flexibility index (Phi) is 9.48. The van der Waals surface area contributed by atoms with Gasteiger partial charge in [0.15, 0.2) is 29.0 Å². The lowest BCUT2D eigenvalue weighted by molar-refractivity contribution is -0.117. The molecule has 0 radical (unpaired) electrons. The summed E-state index contributed by atoms with van der Waals surface area (Å²) in [5.41, 5.74) is 0.106. The third-order valence-corrected chi connectivity index (χ3v) is 7.62. The first-order valence-electron chi connectivity index (χ1n) is 14.0. The smallest absolute Gasteiger partial charge is 0.243 e. The Morgan fingerprint density at radius 1 is 1.09 bits per heavy atom. The number of rotatable bonds is 11. The molecule has 0 saturated carbocycles. The Balaban J connectivity index is 1.49. The van der Waals surface area contributed by atoms with E-state index >= 15 is 8.78 Å². The first-order chi connectivity index (χ1) is 20.8. The van der Waals surface area contributed by atoms with E-state index in [-0.39, 0.29) is 46.7 Å². The number of fused-ring (bicyclic) bond motifs is 1. The van der Waals surface area contributed by atoms with Crippen LogP contribution in [-0.2, 0) is 9.53 Å². The molecule has 230 valence electrons. The van der Waals surface area contributed by atoms with Gasteiger partial charge in [-0.15, -0.1) is 0 Å². The van der Waals surface area contributed by atoms with Crippen molar-refractivity contribution in [2.24, 2.45) is 0 Å². The molecule has 2 aromatic heterocycles. The van der Waals surface area contributed by atoms with Gasteiger partial charge >= 0.3 is 0 Å². The van der Waals surface area contributed by atoms with E-state index < -0.39 is 11.6 Å². The van der Waals surface area contributed by atoms with Crippen LogP contribution in [0.25, 0.3) is 22.2 Å². The summed E-state index contributed by atoms with van der Waals surface area (Å²) >= 11 is 0. The molecule has 0 bridgehead atoms. The molecule has 5 rings (SSSR count). The van der Waals surface area contributed by atoms with Crippen LogP contribution in [0.1, 0.15) is 0 Å². The quantitative estimate of drug-likeness (QED) is 0.281. The monoisotopic (exact) mass is 598 g/mol. The molecule has 14 heteroatoms. The van der Waals surface area contributed by atoms with E-state index in [0.29, 0.717) is 36.5 Å². The number of halogens is 2. The van der Waals surface area contributed by atoms with Gasteiger partial charge in [0.1, 0.15) is 5.52 Å². The number of nitrogens with zero attached hydrogens (tertiary/aromatic N) is 5. The summed E-state index contributed by atoms with van der Waals surface area (Å²) in [5, 5.41) is 9.91. The molecule has 4 heterocycles. The molecular weight excluding hydrogens is 562 g/mol. The number of carbonyl (C=O) groups excluding carboxylic acids is 1. The van der Waals surface area contributed by atoms with Crippen LogP contribution in [0.4, 0.5) is 20.5 Å². The van der Waals surface area contributed by atoms with Gasteiger partial charge in [0.2, 0.25) is 11.9 Å². The first-order valence-corrected chi connectivity index (χ1v) is 14.0. The van der Waals surface area contributed by atoms with Crippen LogP contribution in [-0.4, -0.2) is 116 Å². The van der Waals surface area contributed by atoms with E-state index in [4.69, 9.17) is 19.2 Å². The fourth-order valence-corrected chi connectivity index (χ4v) is 5.12. The van der Waals surface area contributed by atoms with Gasteiger partial charge in [-0.2, -0.15) is 0 Å². The lowest BCUT2D eigenvalue weighted by atomic mass is 10.1. The van der Waals surface area contributed by atoms with Gasteiger partial charge in [-0.3, -0.25) is 9.69 Å². The molecule has 12 nitrogen and oxygen atoms in total. The molecule has 0 unspecified atom stereocenters. The topological polar surface area (TPSA) is 126 Å². The van der Waals surface area contributed by atoms with Crippen molar-refractivity contribution in [1.82, 2.24) is 30.1 Å². The molecule has 2 atom stereocenters. The van der Waals surface area contributed by atoms with E-state index in [9.17, 15) is 4.79 Å². The number of likely N-dealkylation sites (N-methyl/N-ethyl adjacent to an activating group) is 1. The Labute approximate surface area is 248 Å². The second-order valence-electron chi connectivity index (χ2n) is 10.5. The lowest BCUT2D eigenvalue weighted by Crippen LogP contribution is -2.45. The van der Waals surface area contributed by atoms with Gasteiger partial charge in [0.25, 0.3) is 0 Å². The van der Waals surface area contributed by atoms with E-state index in [1.165, 1.54) is 26.4 Å².